The van der Waals surface area contributed by atoms with E-state index in [1.165, 1.54) is 23.9 Å². The monoisotopic (exact) mass is 446 g/mol. The highest BCUT2D eigenvalue weighted by Crippen LogP contribution is 2.29. The largest absolute Gasteiger partial charge is 0.334 e. The Bertz CT molecular complexity index is 1140. The number of carbonyl (C=O) groups is 1. The van der Waals surface area contributed by atoms with Gasteiger partial charge in [0, 0.05) is 19.7 Å². The summed E-state index contributed by atoms with van der Waals surface area (Å²) in [6, 6.07) is 25.9. The van der Waals surface area contributed by atoms with Crippen molar-refractivity contribution in [1.29, 1.82) is 0 Å². The molecule has 1 aromatic heterocycles. The quantitative estimate of drug-likeness (QED) is 0.377. The van der Waals surface area contributed by atoms with E-state index in [0.717, 1.165) is 16.7 Å². The molecular formula is C25H23FN4OS. The Labute approximate surface area is 190 Å². The van der Waals surface area contributed by atoms with Crippen LogP contribution in [0.5, 0.6) is 0 Å². The molecule has 1 heterocycles. The van der Waals surface area contributed by atoms with Gasteiger partial charge in [0.25, 0.3) is 0 Å². The van der Waals surface area contributed by atoms with Gasteiger partial charge in [0.15, 0.2) is 11.0 Å². The molecule has 0 saturated carbocycles. The standard InChI is InChI=1S/C25H23FN4OS/c1-29(23(18-9-5-3-6-10-18)19-11-7-4-8-12-19)22(31)17-32-25-28-27-24(30(25)2)20-13-15-21(26)16-14-20/h3-16,23H,17H2,1-2H3. The third kappa shape index (κ3) is 4.73. The van der Waals surface area contributed by atoms with Gasteiger partial charge in [-0.15, -0.1) is 10.2 Å². The van der Waals surface area contributed by atoms with Crippen LogP contribution >= 0.6 is 11.8 Å². The molecular weight excluding hydrogens is 423 g/mol. The summed E-state index contributed by atoms with van der Waals surface area (Å²) in [7, 11) is 3.67. The second-order valence-corrected chi connectivity index (χ2v) is 8.33. The number of halogens is 1. The highest BCUT2D eigenvalue weighted by molar-refractivity contribution is 7.99. The van der Waals surface area contributed by atoms with E-state index in [1.807, 2.05) is 79.3 Å². The van der Waals surface area contributed by atoms with Gasteiger partial charge in [0.05, 0.1) is 11.8 Å². The maximum Gasteiger partial charge on any atom is 0.233 e. The molecule has 162 valence electrons. The zero-order valence-electron chi connectivity index (χ0n) is 17.9. The maximum absolute atomic E-state index is 13.2. The van der Waals surface area contributed by atoms with Gasteiger partial charge in [-0.05, 0) is 35.4 Å². The van der Waals surface area contributed by atoms with Gasteiger partial charge in [0.1, 0.15) is 5.82 Å². The van der Waals surface area contributed by atoms with Crippen molar-refractivity contribution in [1.82, 2.24) is 19.7 Å². The summed E-state index contributed by atoms with van der Waals surface area (Å²) in [4.78, 5) is 14.9. The van der Waals surface area contributed by atoms with Gasteiger partial charge in [-0.1, -0.05) is 72.4 Å². The van der Waals surface area contributed by atoms with Crippen molar-refractivity contribution in [2.24, 2.45) is 7.05 Å². The lowest BCUT2D eigenvalue weighted by molar-refractivity contribution is -0.128. The van der Waals surface area contributed by atoms with E-state index >= 15 is 0 Å². The van der Waals surface area contributed by atoms with Gasteiger partial charge in [0.2, 0.25) is 5.91 Å². The normalized spacial score (nSPS) is 11.0. The van der Waals surface area contributed by atoms with Gasteiger partial charge < -0.3 is 9.47 Å². The van der Waals surface area contributed by atoms with E-state index < -0.39 is 0 Å². The van der Waals surface area contributed by atoms with Crippen molar-refractivity contribution in [3.8, 4) is 11.4 Å². The average Bonchev–Trinajstić information content (AvgIpc) is 3.19. The molecule has 0 unspecified atom stereocenters. The summed E-state index contributed by atoms with van der Waals surface area (Å²) in [5.74, 6) is 0.534. The highest BCUT2D eigenvalue weighted by atomic mass is 32.2. The van der Waals surface area contributed by atoms with Crippen LogP contribution in [0.4, 0.5) is 4.39 Å². The van der Waals surface area contributed by atoms with Crippen LogP contribution in [0.25, 0.3) is 11.4 Å². The number of aromatic nitrogens is 3. The van der Waals surface area contributed by atoms with Gasteiger partial charge in [-0.2, -0.15) is 0 Å². The number of amides is 1. The molecule has 4 aromatic rings. The maximum atomic E-state index is 13.2. The molecule has 0 aliphatic heterocycles. The second-order valence-electron chi connectivity index (χ2n) is 7.39. The smallest absolute Gasteiger partial charge is 0.233 e. The molecule has 0 spiro atoms. The molecule has 0 N–H and O–H groups in total. The Morgan fingerprint density at radius 3 is 2.06 bits per heavy atom. The molecule has 0 aliphatic carbocycles. The minimum atomic E-state index is -0.300. The summed E-state index contributed by atoms with van der Waals surface area (Å²) >= 11 is 1.33. The fourth-order valence-electron chi connectivity index (χ4n) is 3.57. The molecule has 3 aromatic carbocycles. The lowest BCUT2D eigenvalue weighted by atomic mass is 9.97. The van der Waals surface area contributed by atoms with Gasteiger partial charge in [-0.25, -0.2) is 4.39 Å². The Kier molecular flexibility index (Phi) is 6.66. The predicted molar refractivity (Wildman–Crippen MR) is 125 cm³/mol. The van der Waals surface area contributed by atoms with E-state index in [-0.39, 0.29) is 23.5 Å². The third-order valence-corrected chi connectivity index (χ3v) is 6.28. The van der Waals surface area contributed by atoms with Crippen LogP contribution in [-0.4, -0.2) is 38.4 Å². The average molecular weight is 447 g/mol. The molecule has 0 saturated heterocycles. The minimum absolute atomic E-state index is 0.0148. The Morgan fingerprint density at radius 1 is 0.938 bits per heavy atom. The summed E-state index contributed by atoms with van der Waals surface area (Å²) in [6.45, 7) is 0. The second kappa shape index (κ2) is 9.78. The molecule has 0 radical (unpaired) electrons. The van der Waals surface area contributed by atoms with Crippen molar-refractivity contribution in [2.75, 3.05) is 12.8 Å². The van der Waals surface area contributed by atoms with Crippen LogP contribution < -0.4 is 0 Å². The molecule has 7 heteroatoms. The first-order valence-corrected chi connectivity index (χ1v) is 11.2. The topological polar surface area (TPSA) is 51.0 Å². The van der Waals surface area contributed by atoms with Crippen LogP contribution in [0.3, 0.4) is 0 Å². The minimum Gasteiger partial charge on any atom is -0.334 e. The van der Waals surface area contributed by atoms with E-state index in [1.54, 1.807) is 17.0 Å². The SMILES string of the molecule is CN(C(=O)CSc1nnc(-c2ccc(F)cc2)n1C)C(c1ccccc1)c1ccccc1. The first-order chi connectivity index (χ1) is 15.5. The number of benzene rings is 3. The fourth-order valence-corrected chi connectivity index (χ4v) is 4.41. The van der Waals surface area contributed by atoms with Crippen LogP contribution in [0.2, 0.25) is 0 Å². The molecule has 5 nitrogen and oxygen atoms in total. The number of nitrogens with zero attached hydrogens (tertiary/aromatic N) is 4. The summed E-state index contributed by atoms with van der Waals surface area (Å²) in [5.41, 5.74) is 2.87. The third-order valence-electron chi connectivity index (χ3n) is 5.27. The van der Waals surface area contributed by atoms with E-state index in [0.29, 0.717) is 11.0 Å². The molecule has 4 rings (SSSR count). The Hall–Kier alpha value is -3.45. The fraction of sp³-hybridized carbons (Fsp3) is 0.160. The first kappa shape index (κ1) is 21.8. The van der Waals surface area contributed by atoms with E-state index in [4.69, 9.17) is 0 Å². The molecule has 1 amide bonds. The highest BCUT2D eigenvalue weighted by Gasteiger charge is 2.24. The van der Waals surface area contributed by atoms with Crippen molar-refractivity contribution >= 4 is 17.7 Å². The zero-order valence-corrected chi connectivity index (χ0v) is 18.7. The molecule has 0 bridgehead atoms. The van der Waals surface area contributed by atoms with Crippen molar-refractivity contribution in [3.63, 3.8) is 0 Å². The summed E-state index contributed by atoms with van der Waals surface area (Å²) in [5, 5.41) is 9.06. The number of hydrogen-bond donors (Lipinski definition) is 0. The lowest BCUT2D eigenvalue weighted by Crippen LogP contribution is -2.33. The Balaban J connectivity index is 1.50. The molecule has 32 heavy (non-hydrogen) atoms. The number of hydrogen-bond acceptors (Lipinski definition) is 4. The molecule has 0 aliphatic rings. The Morgan fingerprint density at radius 2 is 1.50 bits per heavy atom. The van der Waals surface area contributed by atoms with Crippen LogP contribution in [-0.2, 0) is 11.8 Å². The zero-order chi connectivity index (χ0) is 22.5. The van der Waals surface area contributed by atoms with Crippen molar-refractivity contribution < 1.29 is 9.18 Å². The van der Waals surface area contributed by atoms with Crippen molar-refractivity contribution in [3.05, 3.63) is 102 Å². The number of rotatable bonds is 7. The number of carbonyl (C=O) groups excluding carboxylic acids is 1. The van der Waals surface area contributed by atoms with Crippen molar-refractivity contribution in [2.45, 2.75) is 11.2 Å². The van der Waals surface area contributed by atoms with Crippen LogP contribution in [0, 0.1) is 5.82 Å². The summed E-state index contributed by atoms with van der Waals surface area (Å²) < 4.78 is 15.0. The summed E-state index contributed by atoms with van der Waals surface area (Å²) in [6.07, 6.45) is 0. The lowest BCUT2D eigenvalue weighted by Gasteiger charge is -2.29. The van der Waals surface area contributed by atoms with Crippen LogP contribution in [0.15, 0.2) is 90.1 Å². The van der Waals surface area contributed by atoms with Gasteiger partial charge >= 0.3 is 0 Å². The molecule has 0 atom stereocenters. The predicted octanol–water partition coefficient (Wildman–Crippen LogP) is 4.96. The van der Waals surface area contributed by atoms with E-state index in [2.05, 4.69) is 10.2 Å². The number of thioether (sulfide) groups is 1. The van der Waals surface area contributed by atoms with Crippen LogP contribution in [0.1, 0.15) is 17.2 Å². The first-order valence-electron chi connectivity index (χ1n) is 10.2. The van der Waals surface area contributed by atoms with Gasteiger partial charge in [-0.3, -0.25) is 4.79 Å². The van der Waals surface area contributed by atoms with E-state index in [9.17, 15) is 9.18 Å². The molecule has 0 fully saturated rings.